The van der Waals surface area contributed by atoms with E-state index in [2.05, 4.69) is 19.6 Å². The van der Waals surface area contributed by atoms with Crippen molar-refractivity contribution in [2.24, 2.45) is 0 Å². The van der Waals surface area contributed by atoms with Crippen molar-refractivity contribution in [3.05, 3.63) is 42.4 Å². The Morgan fingerprint density at radius 2 is 1.68 bits per heavy atom. The molecule has 8 heteroatoms. The number of hydrogen-bond acceptors (Lipinski definition) is 5. The Balaban J connectivity index is 1.52. The normalized spacial score (nSPS) is 15.9. The van der Waals surface area contributed by atoms with Crippen molar-refractivity contribution in [2.45, 2.75) is 32.2 Å². The summed E-state index contributed by atoms with van der Waals surface area (Å²) in [6, 6.07) is 7.36. The maximum absolute atomic E-state index is 12.1. The number of aromatic nitrogens is 2. The highest BCUT2D eigenvalue weighted by Gasteiger charge is 2.31. The van der Waals surface area contributed by atoms with Gasteiger partial charge in [-0.1, -0.05) is 0 Å². The Hall–Kier alpha value is -2.51. The molecule has 0 radical (unpaired) electrons. The number of piperidine rings is 1. The monoisotopic (exact) mass is 353 g/mol. The first-order valence-electron chi connectivity index (χ1n) is 7.96. The first-order chi connectivity index (χ1) is 11.9. The molecule has 0 saturated carbocycles. The molecule has 0 N–H and O–H groups in total. The third-order valence-electron chi connectivity index (χ3n) is 3.89. The molecule has 134 valence electrons. The van der Waals surface area contributed by atoms with Gasteiger partial charge in [-0.15, -0.1) is 13.2 Å². The molecule has 1 aromatic carbocycles. The van der Waals surface area contributed by atoms with Gasteiger partial charge in [0.25, 0.3) is 0 Å². The molecule has 0 atom stereocenters. The summed E-state index contributed by atoms with van der Waals surface area (Å²) in [6.45, 7) is 3.46. The summed E-state index contributed by atoms with van der Waals surface area (Å²) in [5.74, 6) is 1.91. The van der Waals surface area contributed by atoms with Gasteiger partial charge in [-0.05, 0) is 37.3 Å². The molecule has 5 nitrogen and oxygen atoms in total. The molecule has 0 unspecified atom stereocenters. The third kappa shape index (κ3) is 4.98. The molecule has 0 bridgehead atoms. The third-order valence-corrected chi connectivity index (χ3v) is 3.89. The highest BCUT2D eigenvalue weighted by atomic mass is 19.4. The van der Waals surface area contributed by atoms with Crippen molar-refractivity contribution >= 4 is 5.82 Å². The van der Waals surface area contributed by atoms with Gasteiger partial charge in [0.1, 0.15) is 29.2 Å². The molecule has 3 rings (SSSR count). The van der Waals surface area contributed by atoms with E-state index in [-0.39, 0.29) is 11.9 Å². The maximum atomic E-state index is 12.1. The predicted molar refractivity (Wildman–Crippen MR) is 85.8 cm³/mol. The number of halogens is 3. The lowest BCUT2D eigenvalue weighted by molar-refractivity contribution is -0.274. The maximum Gasteiger partial charge on any atom is 0.573 e. The van der Waals surface area contributed by atoms with E-state index in [9.17, 15) is 13.2 Å². The van der Waals surface area contributed by atoms with Gasteiger partial charge in [0.2, 0.25) is 0 Å². The molecule has 0 aliphatic carbocycles. The number of nitrogens with zero attached hydrogens (tertiary/aromatic N) is 3. The molecule has 1 aliphatic heterocycles. The number of aryl methyl sites for hydroxylation is 1. The van der Waals surface area contributed by atoms with Gasteiger partial charge in [-0.25, -0.2) is 9.97 Å². The van der Waals surface area contributed by atoms with E-state index in [1.807, 2.05) is 13.0 Å². The van der Waals surface area contributed by atoms with Crippen LogP contribution in [0.1, 0.15) is 18.7 Å². The Morgan fingerprint density at radius 3 is 2.28 bits per heavy atom. The van der Waals surface area contributed by atoms with Crippen molar-refractivity contribution in [2.75, 3.05) is 18.0 Å². The molecule has 2 aromatic rings. The van der Waals surface area contributed by atoms with Crippen LogP contribution in [-0.2, 0) is 0 Å². The smallest absolute Gasteiger partial charge is 0.490 e. The number of rotatable bonds is 4. The largest absolute Gasteiger partial charge is 0.573 e. The fourth-order valence-corrected chi connectivity index (χ4v) is 2.73. The minimum absolute atomic E-state index is 0.0218. The van der Waals surface area contributed by atoms with Gasteiger partial charge in [0.05, 0.1) is 0 Å². The van der Waals surface area contributed by atoms with Crippen molar-refractivity contribution in [3.63, 3.8) is 0 Å². The molecule has 0 amide bonds. The number of ether oxygens (including phenoxy) is 2. The van der Waals surface area contributed by atoms with Gasteiger partial charge < -0.3 is 14.4 Å². The molecule has 25 heavy (non-hydrogen) atoms. The van der Waals surface area contributed by atoms with E-state index >= 15 is 0 Å². The second-order valence-corrected chi connectivity index (χ2v) is 5.79. The lowest BCUT2D eigenvalue weighted by atomic mass is 10.1. The average Bonchev–Trinajstić information content (AvgIpc) is 2.56. The lowest BCUT2D eigenvalue weighted by Crippen LogP contribution is -2.38. The number of anilines is 1. The van der Waals surface area contributed by atoms with E-state index < -0.39 is 6.36 Å². The van der Waals surface area contributed by atoms with Crippen molar-refractivity contribution in [1.82, 2.24) is 9.97 Å². The van der Waals surface area contributed by atoms with Crippen LogP contribution in [0.3, 0.4) is 0 Å². The Kier molecular flexibility index (Phi) is 4.96. The number of hydrogen-bond donors (Lipinski definition) is 0. The van der Waals surface area contributed by atoms with Crippen LogP contribution in [0, 0.1) is 6.92 Å². The Labute approximate surface area is 143 Å². The molecular weight excluding hydrogens is 335 g/mol. The van der Waals surface area contributed by atoms with E-state index in [4.69, 9.17) is 4.74 Å². The summed E-state index contributed by atoms with van der Waals surface area (Å²) in [7, 11) is 0. The van der Waals surface area contributed by atoms with Crippen molar-refractivity contribution < 1.29 is 22.6 Å². The fourth-order valence-electron chi connectivity index (χ4n) is 2.73. The van der Waals surface area contributed by atoms with E-state index in [1.165, 1.54) is 24.3 Å². The minimum atomic E-state index is -4.69. The van der Waals surface area contributed by atoms with Gasteiger partial charge in [-0.3, -0.25) is 0 Å². The Bertz CT molecular complexity index is 699. The summed E-state index contributed by atoms with van der Waals surface area (Å²) < 4.78 is 46.1. The SMILES string of the molecule is Cc1nccc(N2CCC(Oc3ccc(OC(F)(F)F)cc3)CC2)n1. The summed E-state index contributed by atoms with van der Waals surface area (Å²) in [5.41, 5.74) is 0. The summed E-state index contributed by atoms with van der Waals surface area (Å²) in [5, 5.41) is 0. The molecule has 2 heterocycles. The summed E-state index contributed by atoms with van der Waals surface area (Å²) in [6.07, 6.45) is -1.30. The first-order valence-corrected chi connectivity index (χ1v) is 7.96. The van der Waals surface area contributed by atoms with Crippen LogP contribution in [0.4, 0.5) is 19.0 Å². The fraction of sp³-hybridized carbons (Fsp3) is 0.412. The zero-order valence-electron chi connectivity index (χ0n) is 13.7. The predicted octanol–water partition coefficient (Wildman–Crippen LogP) is 3.73. The summed E-state index contributed by atoms with van der Waals surface area (Å²) in [4.78, 5) is 10.7. The standard InChI is InChI=1S/C17H18F3N3O2/c1-12-21-9-6-16(22-12)23-10-7-14(8-11-23)24-13-2-4-15(5-3-13)25-17(18,19)20/h2-6,9,14H,7-8,10-11H2,1H3. The second kappa shape index (κ2) is 7.16. The second-order valence-electron chi connectivity index (χ2n) is 5.79. The molecule has 1 aliphatic rings. The van der Waals surface area contributed by atoms with Crippen LogP contribution >= 0.6 is 0 Å². The van der Waals surface area contributed by atoms with E-state index in [1.54, 1.807) is 6.20 Å². The first kappa shape index (κ1) is 17.3. The highest BCUT2D eigenvalue weighted by molar-refractivity contribution is 5.38. The zero-order chi connectivity index (χ0) is 17.9. The minimum Gasteiger partial charge on any atom is -0.490 e. The van der Waals surface area contributed by atoms with Crippen LogP contribution < -0.4 is 14.4 Å². The van der Waals surface area contributed by atoms with Crippen LogP contribution in [0.2, 0.25) is 0 Å². The zero-order valence-corrected chi connectivity index (χ0v) is 13.7. The molecule has 1 fully saturated rings. The van der Waals surface area contributed by atoms with Crippen molar-refractivity contribution in [1.29, 1.82) is 0 Å². The van der Waals surface area contributed by atoms with Gasteiger partial charge >= 0.3 is 6.36 Å². The van der Waals surface area contributed by atoms with Crippen LogP contribution in [0.25, 0.3) is 0 Å². The summed E-state index contributed by atoms with van der Waals surface area (Å²) >= 11 is 0. The lowest BCUT2D eigenvalue weighted by Gasteiger charge is -2.33. The molecule has 0 spiro atoms. The average molecular weight is 353 g/mol. The van der Waals surface area contributed by atoms with Crippen LogP contribution in [0.15, 0.2) is 36.5 Å². The molecule has 1 saturated heterocycles. The molecule has 1 aromatic heterocycles. The number of alkyl halides is 3. The molecular formula is C17H18F3N3O2. The van der Waals surface area contributed by atoms with E-state index in [0.29, 0.717) is 5.75 Å². The number of benzene rings is 1. The quantitative estimate of drug-likeness (QED) is 0.838. The topological polar surface area (TPSA) is 47.5 Å². The van der Waals surface area contributed by atoms with Crippen molar-refractivity contribution in [3.8, 4) is 11.5 Å². The van der Waals surface area contributed by atoms with Gasteiger partial charge in [0, 0.05) is 32.1 Å². The van der Waals surface area contributed by atoms with Gasteiger partial charge in [0.15, 0.2) is 0 Å². The van der Waals surface area contributed by atoms with Crippen LogP contribution in [0.5, 0.6) is 11.5 Å². The highest BCUT2D eigenvalue weighted by Crippen LogP contribution is 2.26. The van der Waals surface area contributed by atoms with E-state index in [0.717, 1.165) is 37.6 Å². The van der Waals surface area contributed by atoms with Gasteiger partial charge in [-0.2, -0.15) is 0 Å². The van der Waals surface area contributed by atoms with Crippen LogP contribution in [-0.4, -0.2) is 35.5 Å². The Morgan fingerprint density at radius 1 is 1.04 bits per heavy atom.